The first-order valence-electron chi connectivity index (χ1n) is 6.36. The van der Waals surface area contributed by atoms with E-state index in [9.17, 15) is 4.79 Å². The Balaban J connectivity index is 1.85. The number of rotatable bonds is 2. The zero-order valence-electron chi connectivity index (χ0n) is 9.98. The molecular formula is C13H20N2O. The Labute approximate surface area is 97.4 Å². The van der Waals surface area contributed by atoms with Crippen LogP contribution >= 0.6 is 0 Å². The molecule has 1 aliphatic carbocycles. The van der Waals surface area contributed by atoms with Gasteiger partial charge < -0.3 is 4.90 Å². The van der Waals surface area contributed by atoms with Gasteiger partial charge in [-0.1, -0.05) is 19.8 Å². The molecular weight excluding hydrogens is 200 g/mol. The van der Waals surface area contributed by atoms with E-state index in [1.807, 2.05) is 4.90 Å². The van der Waals surface area contributed by atoms with E-state index in [2.05, 4.69) is 13.0 Å². The predicted molar refractivity (Wildman–Crippen MR) is 61.4 cm³/mol. The fraction of sp³-hybridized carbons (Fsp3) is 0.846. The number of hydrogen-bond acceptors (Lipinski definition) is 2. The van der Waals surface area contributed by atoms with Crippen LogP contribution in [-0.4, -0.2) is 23.9 Å². The number of likely N-dealkylation sites (tertiary alicyclic amines) is 1. The van der Waals surface area contributed by atoms with Crippen molar-refractivity contribution in [3.05, 3.63) is 0 Å². The van der Waals surface area contributed by atoms with Crippen LogP contribution < -0.4 is 0 Å². The fourth-order valence-corrected chi connectivity index (χ4v) is 3.07. The summed E-state index contributed by atoms with van der Waals surface area (Å²) in [5.74, 6) is 1.60. The molecule has 3 heteroatoms. The number of amides is 1. The van der Waals surface area contributed by atoms with E-state index in [1.165, 1.54) is 25.7 Å². The van der Waals surface area contributed by atoms with E-state index in [-0.39, 0.29) is 11.8 Å². The number of nitriles is 1. The Bertz CT molecular complexity index is 308. The van der Waals surface area contributed by atoms with Gasteiger partial charge in [-0.05, 0) is 24.7 Å². The molecule has 16 heavy (non-hydrogen) atoms. The average molecular weight is 220 g/mol. The molecule has 1 amide bonds. The van der Waals surface area contributed by atoms with Gasteiger partial charge in [0.05, 0.1) is 12.0 Å². The van der Waals surface area contributed by atoms with Crippen molar-refractivity contribution >= 4 is 5.91 Å². The SMILES string of the molecule is CC1CCCC(CN2CC(C#N)CC2=O)C1. The third kappa shape index (κ3) is 2.55. The van der Waals surface area contributed by atoms with Crippen molar-refractivity contribution in [2.45, 2.75) is 39.0 Å². The summed E-state index contributed by atoms with van der Waals surface area (Å²) < 4.78 is 0. The normalized spacial score (nSPS) is 35.1. The highest BCUT2D eigenvalue weighted by atomic mass is 16.2. The van der Waals surface area contributed by atoms with Crippen molar-refractivity contribution in [2.24, 2.45) is 17.8 Å². The minimum Gasteiger partial charge on any atom is -0.341 e. The van der Waals surface area contributed by atoms with Crippen LogP contribution in [0.15, 0.2) is 0 Å². The number of carbonyl (C=O) groups is 1. The summed E-state index contributed by atoms with van der Waals surface area (Å²) in [5.41, 5.74) is 0. The summed E-state index contributed by atoms with van der Waals surface area (Å²) in [6.07, 6.45) is 5.59. The van der Waals surface area contributed by atoms with Gasteiger partial charge in [0.25, 0.3) is 0 Å². The molecule has 2 rings (SSSR count). The maximum absolute atomic E-state index is 11.7. The summed E-state index contributed by atoms with van der Waals surface area (Å²) in [6.45, 7) is 3.86. The Hall–Kier alpha value is -1.04. The fourth-order valence-electron chi connectivity index (χ4n) is 3.07. The second-order valence-corrected chi connectivity index (χ2v) is 5.47. The van der Waals surface area contributed by atoms with Crippen LogP contribution in [0.3, 0.4) is 0 Å². The average Bonchev–Trinajstić information content (AvgIpc) is 2.60. The van der Waals surface area contributed by atoms with Crippen molar-refractivity contribution in [3.8, 4) is 6.07 Å². The Morgan fingerprint density at radius 2 is 2.31 bits per heavy atom. The first-order chi connectivity index (χ1) is 7.69. The number of hydrogen-bond donors (Lipinski definition) is 0. The quantitative estimate of drug-likeness (QED) is 0.716. The molecule has 0 aromatic carbocycles. The van der Waals surface area contributed by atoms with Crippen LogP contribution in [0.4, 0.5) is 0 Å². The smallest absolute Gasteiger partial charge is 0.224 e. The summed E-state index contributed by atoms with van der Waals surface area (Å²) in [7, 11) is 0. The molecule has 1 aliphatic heterocycles. The molecule has 1 heterocycles. The molecule has 3 unspecified atom stereocenters. The first kappa shape index (κ1) is 11.4. The molecule has 0 bridgehead atoms. The van der Waals surface area contributed by atoms with E-state index >= 15 is 0 Å². The molecule has 1 saturated heterocycles. The highest BCUT2D eigenvalue weighted by molar-refractivity contribution is 5.79. The van der Waals surface area contributed by atoms with Gasteiger partial charge in [0, 0.05) is 19.5 Å². The van der Waals surface area contributed by atoms with Gasteiger partial charge >= 0.3 is 0 Å². The molecule has 1 saturated carbocycles. The molecule has 0 radical (unpaired) electrons. The van der Waals surface area contributed by atoms with Gasteiger partial charge in [-0.3, -0.25) is 4.79 Å². The Morgan fingerprint density at radius 1 is 1.50 bits per heavy atom. The van der Waals surface area contributed by atoms with Crippen molar-refractivity contribution in [2.75, 3.05) is 13.1 Å². The second-order valence-electron chi connectivity index (χ2n) is 5.47. The van der Waals surface area contributed by atoms with Crippen LogP contribution in [0.2, 0.25) is 0 Å². The zero-order valence-corrected chi connectivity index (χ0v) is 9.98. The lowest BCUT2D eigenvalue weighted by atomic mass is 9.82. The topological polar surface area (TPSA) is 44.1 Å². The Kier molecular flexibility index (Phi) is 3.48. The third-order valence-corrected chi connectivity index (χ3v) is 3.92. The molecule has 0 aromatic heterocycles. The Morgan fingerprint density at radius 3 is 2.94 bits per heavy atom. The van der Waals surface area contributed by atoms with E-state index < -0.39 is 0 Å². The van der Waals surface area contributed by atoms with E-state index in [0.717, 1.165) is 12.5 Å². The van der Waals surface area contributed by atoms with Crippen LogP contribution in [-0.2, 0) is 4.79 Å². The van der Waals surface area contributed by atoms with Crippen molar-refractivity contribution < 1.29 is 4.79 Å². The zero-order chi connectivity index (χ0) is 11.5. The predicted octanol–water partition coefficient (Wildman–Crippen LogP) is 2.18. The molecule has 0 N–H and O–H groups in total. The number of carbonyl (C=O) groups excluding carboxylic acids is 1. The molecule has 3 nitrogen and oxygen atoms in total. The highest BCUT2D eigenvalue weighted by Gasteiger charge is 2.31. The summed E-state index contributed by atoms with van der Waals surface area (Å²) in [6, 6.07) is 2.21. The third-order valence-electron chi connectivity index (χ3n) is 3.92. The lowest BCUT2D eigenvalue weighted by Gasteiger charge is -2.30. The standard InChI is InChI=1S/C13H20N2O/c1-10-3-2-4-11(5-10)8-15-9-12(7-14)6-13(15)16/h10-12H,2-6,8-9H2,1H3. The van der Waals surface area contributed by atoms with Crippen LogP contribution in [0.25, 0.3) is 0 Å². The summed E-state index contributed by atoms with van der Waals surface area (Å²) >= 11 is 0. The minimum absolute atomic E-state index is 0.0616. The van der Waals surface area contributed by atoms with Gasteiger partial charge in [-0.15, -0.1) is 0 Å². The monoisotopic (exact) mass is 220 g/mol. The maximum atomic E-state index is 11.7. The second kappa shape index (κ2) is 4.86. The molecule has 0 spiro atoms. The molecule has 2 fully saturated rings. The maximum Gasteiger partial charge on any atom is 0.224 e. The van der Waals surface area contributed by atoms with Gasteiger partial charge in [-0.2, -0.15) is 5.26 Å². The van der Waals surface area contributed by atoms with Gasteiger partial charge in [-0.25, -0.2) is 0 Å². The van der Waals surface area contributed by atoms with Gasteiger partial charge in [0.2, 0.25) is 5.91 Å². The van der Waals surface area contributed by atoms with Crippen LogP contribution in [0.1, 0.15) is 39.0 Å². The van der Waals surface area contributed by atoms with E-state index in [4.69, 9.17) is 5.26 Å². The van der Waals surface area contributed by atoms with E-state index in [1.54, 1.807) is 0 Å². The lowest BCUT2D eigenvalue weighted by Crippen LogP contribution is -2.32. The van der Waals surface area contributed by atoms with Crippen molar-refractivity contribution in [1.29, 1.82) is 5.26 Å². The summed E-state index contributed by atoms with van der Waals surface area (Å²) in [5, 5.41) is 8.82. The summed E-state index contributed by atoms with van der Waals surface area (Å²) in [4.78, 5) is 13.6. The highest BCUT2D eigenvalue weighted by Crippen LogP contribution is 2.30. The van der Waals surface area contributed by atoms with Crippen molar-refractivity contribution in [1.82, 2.24) is 4.90 Å². The van der Waals surface area contributed by atoms with E-state index in [0.29, 0.717) is 18.9 Å². The minimum atomic E-state index is -0.0616. The van der Waals surface area contributed by atoms with Crippen LogP contribution in [0, 0.1) is 29.1 Å². The van der Waals surface area contributed by atoms with Crippen molar-refractivity contribution in [3.63, 3.8) is 0 Å². The largest absolute Gasteiger partial charge is 0.341 e. The van der Waals surface area contributed by atoms with Gasteiger partial charge in [0.15, 0.2) is 0 Å². The lowest BCUT2D eigenvalue weighted by molar-refractivity contribution is -0.128. The molecule has 88 valence electrons. The van der Waals surface area contributed by atoms with Gasteiger partial charge in [0.1, 0.15) is 0 Å². The molecule has 3 atom stereocenters. The first-order valence-corrected chi connectivity index (χ1v) is 6.36. The number of nitrogens with zero attached hydrogens (tertiary/aromatic N) is 2. The van der Waals surface area contributed by atoms with Crippen LogP contribution in [0.5, 0.6) is 0 Å². The molecule has 0 aromatic rings. The molecule has 2 aliphatic rings.